The highest BCUT2D eigenvalue weighted by atomic mass is 16.5. The first kappa shape index (κ1) is 22.0. The van der Waals surface area contributed by atoms with Gasteiger partial charge in [0.1, 0.15) is 0 Å². The topological polar surface area (TPSA) is 84.5 Å². The van der Waals surface area contributed by atoms with Crippen LogP contribution in [0.3, 0.4) is 0 Å². The molecule has 2 amide bonds. The molecule has 0 radical (unpaired) electrons. The zero-order chi connectivity index (χ0) is 22.2. The van der Waals surface area contributed by atoms with Crippen LogP contribution in [-0.2, 0) is 19.1 Å². The number of carbonyl (C=O) groups is 3. The zero-order valence-corrected chi connectivity index (χ0v) is 17.7. The van der Waals surface area contributed by atoms with E-state index in [4.69, 9.17) is 4.74 Å². The normalized spacial score (nSPS) is 10.5. The Morgan fingerprint density at radius 3 is 2.39 bits per heavy atom. The highest BCUT2D eigenvalue weighted by molar-refractivity contribution is 6.02. The van der Waals surface area contributed by atoms with E-state index in [1.807, 2.05) is 68.4 Å². The Labute approximate surface area is 181 Å². The van der Waals surface area contributed by atoms with Crippen molar-refractivity contribution in [2.45, 2.75) is 33.1 Å². The molecule has 3 aromatic carbocycles. The molecule has 0 fully saturated rings. The van der Waals surface area contributed by atoms with Crippen molar-refractivity contribution in [2.24, 2.45) is 0 Å². The monoisotopic (exact) mass is 418 g/mol. The minimum atomic E-state index is -0.507. The van der Waals surface area contributed by atoms with Gasteiger partial charge in [0, 0.05) is 29.6 Å². The van der Waals surface area contributed by atoms with E-state index >= 15 is 0 Å². The Balaban J connectivity index is 1.39. The molecular formula is C25H26N2O4. The van der Waals surface area contributed by atoms with E-state index in [2.05, 4.69) is 10.6 Å². The number of nitrogens with one attached hydrogen (secondary N) is 2. The third-order valence-electron chi connectivity index (χ3n) is 4.88. The number of hydrogen-bond donors (Lipinski definition) is 2. The molecule has 160 valence electrons. The number of aryl methyl sites for hydroxylation is 2. The molecule has 0 saturated heterocycles. The fourth-order valence-corrected chi connectivity index (χ4v) is 3.22. The summed E-state index contributed by atoms with van der Waals surface area (Å²) in [6.45, 7) is 3.52. The van der Waals surface area contributed by atoms with Crippen LogP contribution < -0.4 is 10.6 Å². The van der Waals surface area contributed by atoms with Crippen LogP contribution in [0.5, 0.6) is 0 Å². The lowest BCUT2D eigenvalue weighted by molar-refractivity contribution is -0.147. The van der Waals surface area contributed by atoms with Crippen LogP contribution in [-0.4, -0.2) is 24.4 Å². The Morgan fingerprint density at radius 1 is 0.806 bits per heavy atom. The number of hydrogen-bond acceptors (Lipinski definition) is 4. The fourth-order valence-electron chi connectivity index (χ4n) is 3.22. The second-order valence-corrected chi connectivity index (χ2v) is 7.46. The van der Waals surface area contributed by atoms with E-state index in [1.54, 1.807) is 6.07 Å². The maximum atomic E-state index is 12.2. The van der Waals surface area contributed by atoms with Gasteiger partial charge in [-0.2, -0.15) is 0 Å². The van der Waals surface area contributed by atoms with Gasteiger partial charge >= 0.3 is 5.97 Å². The minimum absolute atomic E-state index is 0.0712. The lowest BCUT2D eigenvalue weighted by Crippen LogP contribution is -2.21. The van der Waals surface area contributed by atoms with Gasteiger partial charge < -0.3 is 15.4 Å². The summed E-state index contributed by atoms with van der Waals surface area (Å²) in [7, 11) is 0. The number of rotatable bonds is 8. The summed E-state index contributed by atoms with van der Waals surface area (Å²) < 4.78 is 5.04. The molecule has 2 N–H and O–H groups in total. The molecule has 3 aromatic rings. The second-order valence-electron chi connectivity index (χ2n) is 7.46. The molecule has 0 unspecified atom stereocenters. The largest absolute Gasteiger partial charge is 0.456 e. The van der Waals surface area contributed by atoms with Gasteiger partial charge in [0.15, 0.2) is 6.61 Å². The number of anilines is 2. The first-order chi connectivity index (χ1) is 14.9. The lowest BCUT2D eigenvalue weighted by atomic mass is 10.1. The van der Waals surface area contributed by atoms with Crippen LogP contribution in [0.2, 0.25) is 0 Å². The van der Waals surface area contributed by atoms with E-state index in [1.165, 1.54) is 0 Å². The summed E-state index contributed by atoms with van der Waals surface area (Å²) in [6.07, 6.45) is 0.618. The van der Waals surface area contributed by atoms with Gasteiger partial charge in [-0.1, -0.05) is 48.5 Å². The van der Waals surface area contributed by atoms with Crippen molar-refractivity contribution in [1.29, 1.82) is 0 Å². The summed E-state index contributed by atoms with van der Waals surface area (Å²) in [5.74, 6) is -1.07. The van der Waals surface area contributed by atoms with Crippen LogP contribution in [0.1, 0.15) is 30.4 Å². The standard InChI is InChI=1S/C25H26N2O4/c1-17-13-14-18(2)22(15-17)27-23(28)11-6-12-25(30)31-16-24(29)26-21-10-5-8-19-7-3-4-9-20(19)21/h3-5,7-10,13-15H,6,11-12,16H2,1-2H3,(H,26,29)(H,27,28). The van der Waals surface area contributed by atoms with Crippen molar-refractivity contribution in [2.75, 3.05) is 17.2 Å². The van der Waals surface area contributed by atoms with Gasteiger partial charge in [0.05, 0.1) is 0 Å². The number of carbonyl (C=O) groups excluding carboxylic acids is 3. The van der Waals surface area contributed by atoms with E-state index in [-0.39, 0.29) is 25.4 Å². The lowest BCUT2D eigenvalue weighted by Gasteiger charge is -2.10. The van der Waals surface area contributed by atoms with Gasteiger partial charge in [-0.3, -0.25) is 14.4 Å². The van der Waals surface area contributed by atoms with Gasteiger partial charge in [-0.15, -0.1) is 0 Å². The van der Waals surface area contributed by atoms with E-state index < -0.39 is 11.9 Å². The Kier molecular flexibility index (Phi) is 7.38. The number of fused-ring (bicyclic) bond motifs is 1. The van der Waals surface area contributed by atoms with Crippen molar-refractivity contribution >= 4 is 39.9 Å². The molecule has 0 spiro atoms. The quantitative estimate of drug-likeness (QED) is 0.517. The number of amides is 2. The van der Waals surface area contributed by atoms with Gasteiger partial charge in [0.2, 0.25) is 5.91 Å². The molecule has 6 nitrogen and oxygen atoms in total. The van der Waals surface area contributed by atoms with Crippen LogP contribution in [0, 0.1) is 13.8 Å². The maximum absolute atomic E-state index is 12.2. The molecular weight excluding hydrogens is 392 g/mol. The van der Waals surface area contributed by atoms with Crippen molar-refractivity contribution in [3.05, 3.63) is 71.8 Å². The van der Waals surface area contributed by atoms with Gasteiger partial charge in [-0.05, 0) is 48.9 Å². The van der Waals surface area contributed by atoms with Gasteiger partial charge in [-0.25, -0.2) is 0 Å². The predicted octanol–water partition coefficient (Wildman–Crippen LogP) is 4.75. The summed E-state index contributed by atoms with van der Waals surface area (Å²) in [5, 5.41) is 7.56. The zero-order valence-electron chi connectivity index (χ0n) is 17.7. The average molecular weight is 418 g/mol. The smallest absolute Gasteiger partial charge is 0.306 e. The molecule has 0 aromatic heterocycles. The SMILES string of the molecule is Cc1ccc(C)c(NC(=O)CCCC(=O)OCC(=O)Nc2cccc3ccccc23)c1. The Hall–Kier alpha value is -3.67. The molecule has 0 saturated carbocycles. The van der Waals surface area contributed by atoms with Crippen molar-refractivity contribution < 1.29 is 19.1 Å². The summed E-state index contributed by atoms with van der Waals surface area (Å²) >= 11 is 0. The highest BCUT2D eigenvalue weighted by Gasteiger charge is 2.11. The fraction of sp³-hybridized carbons (Fsp3) is 0.240. The number of benzene rings is 3. The van der Waals surface area contributed by atoms with Crippen LogP contribution in [0.4, 0.5) is 11.4 Å². The summed E-state index contributed by atoms with van der Waals surface area (Å²) in [4.78, 5) is 36.2. The van der Waals surface area contributed by atoms with Crippen molar-refractivity contribution in [3.8, 4) is 0 Å². The molecule has 6 heteroatoms. The van der Waals surface area contributed by atoms with Crippen molar-refractivity contribution in [3.63, 3.8) is 0 Å². The molecule has 31 heavy (non-hydrogen) atoms. The molecule has 0 heterocycles. The maximum Gasteiger partial charge on any atom is 0.306 e. The molecule has 0 aliphatic heterocycles. The number of ether oxygens (including phenoxy) is 1. The Bertz CT molecular complexity index is 1100. The van der Waals surface area contributed by atoms with Gasteiger partial charge in [0.25, 0.3) is 5.91 Å². The predicted molar refractivity (Wildman–Crippen MR) is 122 cm³/mol. The minimum Gasteiger partial charge on any atom is -0.456 e. The highest BCUT2D eigenvalue weighted by Crippen LogP contribution is 2.22. The van der Waals surface area contributed by atoms with Crippen LogP contribution >= 0.6 is 0 Å². The first-order valence-corrected chi connectivity index (χ1v) is 10.2. The third kappa shape index (κ3) is 6.40. The van der Waals surface area contributed by atoms with Crippen LogP contribution in [0.25, 0.3) is 10.8 Å². The first-order valence-electron chi connectivity index (χ1n) is 10.2. The third-order valence-corrected chi connectivity index (χ3v) is 4.88. The van der Waals surface area contributed by atoms with E-state index in [0.717, 1.165) is 27.6 Å². The van der Waals surface area contributed by atoms with Crippen molar-refractivity contribution in [1.82, 2.24) is 0 Å². The van der Waals surface area contributed by atoms with E-state index in [0.29, 0.717) is 12.1 Å². The molecule has 0 aliphatic carbocycles. The molecule has 3 rings (SSSR count). The number of esters is 1. The average Bonchev–Trinajstić information content (AvgIpc) is 2.75. The second kappa shape index (κ2) is 10.4. The Morgan fingerprint density at radius 2 is 1.55 bits per heavy atom. The van der Waals surface area contributed by atoms with Crippen LogP contribution in [0.15, 0.2) is 60.7 Å². The van der Waals surface area contributed by atoms with E-state index in [9.17, 15) is 14.4 Å². The summed E-state index contributed by atoms with van der Waals surface area (Å²) in [5.41, 5.74) is 3.49. The summed E-state index contributed by atoms with van der Waals surface area (Å²) in [6, 6.07) is 19.2. The molecule has 0 bridgehead atoms. The molecule has 0 atom stereocenters. The molecule has 0 aliphatic rings.